The van der Waals surface area contributed by atoms with Gasteiger partial charge in [-0.15, -0.1) is 6.58 Å². The molecule has 0 aliphatic rings. The number of amides is 1. The SMILES string of the molecule is C=CCNS(=O)(=O)c1ccc(NC(=O)c2ccccc2C)cc1. The molecule has 0 atom stereocenters. The Morgan fingerprint density at radius 1 is 1.13 bits per heavy atom. The molecule has 120 valence electrons. The molecule has 2 N–H and O–H groups in total. The Labute approximate surface area is 136 Å². The van der Waals surface area contributed by atoms with Crippen molar-refractivity contribution in [2.75, 3.05) is 11.9 Å². The second-order valence-electron chi connectivity index (χ2n) is 4.93. The smallest absolute Gasteiger partial charge is 0.255 e. The zero-order chi connectivity index (χ0) is 16.9. The van der Waals surface area contributed by atoms with Gasteiger partial charge in [0, 0.05) is 17.8 Å². The number of hydrogen-bond acceptors (Lipinski definition) is 3. The minimum Gasteiger partial charge on any atom is -0.322 e. The highest BCUT2D eigenvalue weighted by Gasteiger charge is 2.13. The highest BCUT2D eigenvalue weighted by Crippen LogP contribution is 2.16. The summed E-state index contributed by atoms with van der Waals surface area (Å²) < 4.78 is 26.3. The molecule has 0 spiro atoms. The molecule has 2 rings (SSSR count). The third-order valence-corrected chi connectivity index (χ3v) is 4.67. The highest BCUT2D eigenvalue weighted by molar-refractivity contribution is 7.89. The number of aryl methyl sites for hydroxylation is 1. The number of nitrogens with one attached hydrogen (secondary N) is 2. The van der Waals surface area contributed by atoms with Gasteiger partial charge in [0.1, 0.15) is 0 Å². The fourth-order valence-electron chi connectivity index (χ4n) is 2.00. The zero-order valence-electron chi connectivity index (χ0n) is 12.7. The highest BCUT2D eigenvalue weighted by atomic mass is 32.2. The average molecular weight is 330 g/mol. The van der Waals surface area contributed by atoms with Crippen LogP contribution in [0.5, 0.6) is 0 Å². The molecule has 0 fully saturated rings. The van der Waals surface area contributed by atoms with E-state index in [0.29, 0.717) is 11.3 Å². The number of sulfonamides is 1. The number of anilines is 1. The summed E-state index contributed by atoms with van der Waals surface area (Å²) in [6.07, 6.45) is 1.47. The average Bonchev–Trinajstić information content (AvgIpc) is 2.54. The summed E-state index contributed by atoms with van der Waals surface area (Å²) in [7, 11) is -3.56. The molecule has 0 bridgehead atoms. The van der Waals surface area contributed by atoms with Crippen LogP contribution in [0.25, 0.3) is 0 Å². The van der Waals surface area contributed by atoms with Gasteiger partial charge >= 0.3 is 0 Å². The van der Waals surface area contributed by atoms with Gasteiger partial charge in [-0.3, -0.25) is 4.79 Å². The number of benzene rings is 2. The molecule has 0 radical (unpaired) electrons. The molecular formula is C17H18N2O3S. The molecule has 0 aliphatic heterocycles. The molecule has 2 aromatic carbocycles. The lowest BCUT2D eigenvalue weighted by Gasteiger charge is -2.09. The van der Waals surface area contributed by atoms with Crippen molar-refractivity contribution in [3.8, 4) is 0 Å². The van der Waals surface area contributed by atoms with Crippen LogP contribution in [0, 0.1) is 6.92 Å². The van der Waals surface area contributed by atoms with E-state index in [2.05, 4.69) is 16.6 Å². The van der Waals surface area contributed by atoms with Crippen molar-refractivity contribution >= 4 is 21.6 Å². The largest absolute Gasteiger partial charge is 0.322 e. The number of carbonyl (C=O) groups is 1. The standard InChI is InChI=1S/C17H18N2O3S/c1-3-12-18-23(21,22)15-10-8-14(9-11-15)19-17(20)16-7-5-4-6-13(16)2/h3-11,18H,1,12H2,2H3,(H,19,20). The number of carbonyl (C=O) groups excluding carboxylic acids is 1. The first-order chi connectivity index (χ1) is 10.9. The first-order valence-electron chi connectivity index (χ1n) is 7.01. The normalized spacial score (nSPS) is 11.0. The summed E-state index contributed by atoms with van der Waals surface area (Å²) in [5.41, 5.74) is 1.98. The van der Waals surface area contributed by atoms with E-state index in [0.717, 1.165) is 5.56 Å². The fourth-order valence-corrected chi connectivity index (χ4v) is 2.99. The summed E-state index contributed by atoms with van der Waals surface area (Å²) in [5.74, 6) is -0.233. The maximum absolute atomic E-state index is 12.2. The Morgan fingerprint density at radius 2 is 1.78 bits per heavy atom. The Hall–Kier alpha value is -2.44. The predicted molar refractivity (Wildman–Crippen MR) is 91.0 cm³/mol. The van der Waals surface area contributed by atoms with Crippen LogP contribution in [-0.2, 0) is 10.0 Å². The molecule has 0 saturated carbocycles. The van der Waals surface area contributed by atoms with Gasteiger partial charge in [-0.25, -0.2) is 13.1 Å². The van der Waals surface area contributed by atoms with Gasteiger partial charge in [-0.05, 0) is 42.8 Å². The van der Waals surface area contributed by atoms with Gasteiger partial charge in [-0.2, -0.15) is 0 Å². The number of hydrogen-bond donors (Lipinski definition) is 2. The molecule has 2 aromatic rings. The van der Waals surface area contributed by atoms with Crippen molar-refractivity contribution in [2.45, 2.75) is 11.8 Å². The minimum atomic E-state index is -3.56. The maximum atomic E-state index is 12.2. The topological polar surface area (TPSA) is 75.3 Å². The van der Waals surface area contributed by atoms with Crippen LogP contribution >= 0.6 is 0 Å². The molecular weight excluding hydrogens is 312 g/mol. The van der Waals surface area contributed by atoms with Crippen molar-refractivity contribution in [3.05, 3.63) is 72.3 Å². The second kappa shape index (κ2) is 7.21. The molecule has 0 saturated heterocycles. The van der Waals surface area contributed by atoms with E-state index in [1.165, 1.54) is 18.2 Å². The van der Waals surface area contributed by atoms with Crippen molar-refractivity contribution in [1.29, 1.82) is 0 Å². The van der Waals surface area contributed by atoms with Gasteiger partial charge in [0.25, 0.3) is 5.91 Å². The summed E-state index contributed by atoms with van der Waals surface area (Å²) in [4.78, 5) is 12.3. The molecule has 5 nitrogen and oxygen atoms in total. The van der Waals surface area contributed by atoms with Crippen molar-refractivity contribution in [3.63, 3.8) is 0 Å². The van der Waals surface area contributed by atoms with Crippen LogP contribution in [-0.4, -0.2) is 20.9 Å². The van der Waals surface area contributed by atoms with Crippen molar-refractivity contribution in [1.82, 2.24) is 4.72 Å². The Morgan fingerprint density at radius 3 is 2.39 bits per heavy atom. The second-order valence-corrected chi connectivity index (χ2v) is 6.70. The van der Waals surface area contributed by atoms with E-state index in [1.54, 1.807) is 24.3 Å². The summed E-state index contributed by atoms with van der Waals surface area (Å²) in [6.45, 7) is 5.48. The first-order valence-corrected chi connectivity index (χ1v) is 8.50. The van der Waals surface area contributed by atoms with Gasteiger partial charge in [-0.1, -0.05) is 24.3 Å². The van der Waals surface area contributed by atoms with Crippen LogP contribution in [0.1, 0.15) is 15.9 Å². The lowest BCUT2D eigenvalue weighted by Crippen LogP contribution is -2.23. The van der Waals surface area contributed by atoms with Crippen LogP contribution in [0.15, 0.2) is 66.1 Å². The molecule has 23 heavy (non-hydrogen) atoms. The Bertz CT molecular complexity index is 812. The summed E-state index contributed by atoms with van der Waals surface area (Å²) in [6, 6.07) is 13.2. The van der Waals surface area contributed by atoms with Crippen LogP contribution < -0.4 is 10.0 Å². The van der Waals surface area contributed by atoms with Crippen LogP contribution in [0.3, 0.4) is 0 Å². The van der Waals surface area contributed by atoms with Gasteiger partial charge < -0.3 is 5.32 Å². The lowest BCUT2D eigenvalue weighted by molar-refractivity contribution is 0.102. The van der Waals surface area contributed by atoms with Crippen LogP contribution in [0.4, 0.5) is 5.69 Å². The van der Waals surface area contributed by atoms with Gasteiger partial charge in [0.2, 0.25) is 10.0 Å². The van der Waals surface area contributed by atoms with Gasteiger partial charge in [0.05, 0.1) is 4.90 Å². The van der Waals surface area contributed by atoms with E-state index in [-0.39, 0.29) is 17.3 Å². The molecule has 0 aromatic heterocycles. The Kier molecular flexibility index (Phi) is 5.31. The molecule has 6 heteroatoms. The molecule has 1 amide bonds. The number of rotatable bonds is 6. The molecule has 0 unspecified atom stereocenters. The predicted octanol–water partition coefficient (Wildman–Crippen LogP) is 2.71. The van der Waals surface area contributed by atoms with Crippen molar-refractivity contribution < 1.29 is 13.2 Å². The third kappa shape index (κ3) is 4.28. The molecule has 0 aliphatic carbocycles. The summed E-state index contributed by atoms with van der Waals surface area (Å²) >= 11 is 0. The van der Waals surface area contributed by atoms with Crippen molar-refractivity contribution in [2.24, 2.45) is 0 Å². The third-order valence-electron chi connectivity index (χ3n) is 3.23. The van der Waals surface area contributed by atoms with E-state index in [4.69, 9.17) is 0 Å². The van der Waals surface area contributed by atoms with E-state index in [1.807, 2.05) is 19.1 Å². The van der Waals surface area contributed by atoms with E-state index < -0.39 is 10.0 Å². The Balaban J connectivity index is 2.13. The lowest BCUT2D eigenvalue weighted by atomic mass is 10.1. The monoisotopic (exact) mass is 330 g/mol. The fraction of sp³-hybridized carbons (Fsp3) is 0.118. The molecule has 0 heterocycles. The quantitative estimate of drug-likeness (QED) is 0.800. The van der Waals surface area contributed by atoms with E-state index in [9.17, 15) is 13.2 Å². The van der Waals surface area contributed by atoms with E-state index >= 15 is 0 Å². The van der Waals surface area contributed by atoms with Crippen LogP contribution in [0.2, 0.25) is 0 Å². The minimum absolute atomic E-state index is 0.133. The summed E-state index contributed by atoms with van der Waals surface area (Å²) in [5, 5.41) is 2.75. The maximum Gasteiger partial charge on any atom is 0.255 e. The first kappa shape index (κ1) is 16.9. The zero-order valence-corrected chi connectivity index (χ0v) is 13.6. The van der Waals surface area contributed by atoms with Gasteiger partial charge in [0.15, 0.2) is 0 Å².